The molecule has 0 aromatic heterocycles. The molecule has 0 aliphatic heterocycles. The van der Waals surface area contributed by atoms with E-state index in [4.69, 9.17) is 9.84 Å². The largest absolute Gasteiger partial charge is 0.458 e. The molecule has 0 bridgehead atoms. The van der Waals surface area contributed by atoms with E-state index in [2.05, 4.69) is 0 Å². The Morgan fingerprint density at radius 3 is 2.29 bits per heavy atom. The molecular formula is C24H26O4. The zero-order valence-electron chi connectivity index (χ0n) is 16.4. The van der Waals surface area contributed by atoms with Crippen LogP contribution in [0.5, 0.6) is 0 Å². The van der Waals surface area contributed by atoms with Crippen molar-refractivity contribution in [3.8, 4) is 0 Å². The Kier molecular flexibility index (Phi) is 8.37. The van der Waals surface area contributed by atoms with Crippen molar-refractivity contribution in [1.82, 2.24) is 0 Å². The first-order valence-corrected chi connectivity index (χ1v) is 9.30. The molecule has 0 heterocycles. The van der Waals surface area contributed by atoms with Crippen molar-refractivity contribution in [3.05, 3.63) is 94.6 Å². The molecular weight excluding hydrogens is 352 g/mol. The minimum absolute atomic E-state index is 0.0536. The molecule has 28 heavy (non-hydrogen) atoms. The van der Waals surface area contributed by atoms with Gasteiger partial charge in [-0.1, -0.05) is 60.2 Å². The molecule has 146 valence electrons. The van der Waals surface area contributed by atoms with Crippen LogP contribution in [0.1, 0.15) is 53.0 Å². The van der Waals surface area contributed by atoms with Crippen molar-refractivity contribution in [2.75, 3.05) is 13.2 Å². The van der Waals surface area contributed by atoms with E-state index in [9.17, 15) is 9.59 Å². The molecule has 1 N–H and O–H groups in total. The number of ether oxygens (including phenoxy) is 1. The molecule has 0 spiro atoms. The first-order chi connectivity index (χ1) is 13.5. The lowest BCUT2D eigenvalue weighted by Crippen LogP contribution is -2.09. The molecule has 0 saturated heterocycles. The number of esters is 1. The summed E-state index contributed by atoms with van der Waals surface area (Å²) in [6, 6.07) is 15.6. The molecule has 0 atom stereocenters. The molecule has 0 amide bonds. The topological polar surface area (TPSA) is 63.6 Å². The van der Waals surface area contributed by atoms with Crippen LogP contribution in [0.25, 0.3) is 0 Å². The summed E-state index contributed by atoms with van der Waals surface area (Å²) in [6.07, 6.45) is 5.49. The van der Waals surface area contributed by atoms with E-state index < -0.39 is 5.97 Å². The molecule has 2 aromatic carbocycles. The van der Waals surface area contributed by atoms with E-state index in [1.807, 2.05) is 38.1 Å². The summed E-state index contributed by atoms with van der Waals surface area (Å²) < 4.78 is 5.36. The molecule has 2 rings (SSSR count). The van der Waals surface area contributed by atoms with Gasteiger partial charge in [-0.15, -0.1) is 0 Å². The summed E-state index contributed by atoms with van der Waals surface area (Å²) in [5.41, 5.74) is 3.48. The zero-order chi connectivity index (χ0) is 20.4. The second-order valence-electron chi connectivity index (χ2n) is 6.67. The Bertz CT molecular complexity index is 863. The Balaban J connectivity index is 1.94. The fourth-order valence-electron chi connectivity index (χ4n) is 2.67. The minimum atomic E-state index is -0.452. The standard InChI is InChI=1S/C24H26O4/c1-18(14-15-25)8-6-9-19(2)17-28-24(27)22-13-7-12-21(16-22)23(26)20-10-4-3-5-11-20/h3-5,7,9-14,16,25H,6,8,15,17H2,1-2H3/b18-14+,19-9+. The molecule has 0 saturated carbocycles. The highest BCUT2D eigenvalue weighted by atomic mass is 16.5. The number of aliphatic hydroxyl groups is 1. The van der Waals surface area contributed by atoms with Crippen molar-refractivity contribution in [2.24, 2.45) is 0 Å². The average Bonchev–Trinajstić information content (AvgIpc) is 2.72. The second kappa shape index (κ2) is 11.0. The van der Waals surface area contributed by atoms with E-state index in [1.54, 1.807) is 42.5 Å². The van der Waals surface area contributed by atoms with E-state index in [-0.39, 0.29) is 19.0 Å². The number of aliphatic hydroxyl groups excluding tert-OH is 1. The minimum Gasteiger partial charge on any atom is -0.458 e. The first kappa shape index (κ1) is 21.3. The van der Waals surface area contributed by atoms with Gasteiger partial charge >= 0.3 is 5.97 Å². The lowest BCUT2D eigenvalue weighted by Gasteiger charge is -2.07. The average molecular weight is 378 g/mol. The van der Waals surface area contributed by atoms with Gasteiger partial charge in [-0.3, -0.25) is 4.79 Å². The van der Waals surface area contributed by atoms with E-state index in [1.165, 1.54) is 0 Å². The number of hydrogen-bond donors (Lipinski definition) is 1. The van der Waals surface area contributed by atoms with Gasteiger partial charge in [0.1, 0.15) is 6.61 Å². The fraction of sp³-hybridized carbons (Fsp3) is 0.250. The van der Waals surface area contributed by atoms with Gasteiger partial charge in [-0.25, -0.2) is 4.79 Å². The summed E-state index contributed by atoms with van der Waals surface area (Å²) >= 11 is 0. The summed E-state index contributed by atoms with van der Waals surface area (Å²) in [5.74, 6) is -0.579. The van der Waals surface area contributed by atoms with Gasteiger partial charge in [0.15, 0.2) is 5.78 Å². The maximum absolute atomic E-state index is 12.5. The van der Waals surface area contributed by atoms with Gasteiger partial charge in [0, 0.05) is 11.1 Å². The van der Waals surface area contributed by atoms with Gasteiger partial charge in [-0.05, 0) is 44.4 Å². The van der Waals surface area contributed by atoms with Gasteiger partial charge < -0.3 is 9.84 Å². The van der Waals surface area contributed by atoms with Crippen molar-refractivity contribution >= 4 is 11.8 Å². The van der Waals surface area contributed by atoms with E-state index in [0.29, 0.717) is 16.7 Å². The van der Waals surface area contributed by atoms with Gasteiger partial charge in [0.05, 0.1) is 12.2 Å². The van der Waals surface area contributed by atoms with Crippen molar-refractivity contribution in [3.63, 3.8) is 0 Å². The first-order valence-electron chi connectivity index (χ1n) is 9.30. The monoisotopic (exact) mass is 378 g/mol. The zero-order valence-corrected chi connectivity index (χ0v) is 16.4. The third-order valence-corrected chi connectivity index (χ3v) is 4.30. The molecule has 2 aromatic rings. The van der Waals surface area contributed by atoms with Gasteiger partial charge in [0.25, 0.3) is 0 Å². The Labute approximate surface area is 166 Å². The van der Waals surface area contributed by atoms with Crippen LogP contribution in [0.3, 0.4) is 0 Å². The second-order valence-corrected chi connectivity index (χ2v) is 6.67. The van der Waals surface area contributed by atoms with Crippen LogP contribution < -0.4 is 0 Å². The van der Waals surface area contributed by atoms with Crippen LogP contribution in [-0.4, -0.2) is 30.1 Å². The third kappa shape index (κ3) is 6.63. The molecule has 4 heteroatoms. The predicted molar refractivity (Wildman–Crippen MR) is 110 cm³/mol. The fourth-order valence-corrected chi connectivity index (χ4v) is 2.67. The Morgan fingerprint density at radius 1 is 0.893 bits per heavy atom. The highest BCUT2D eigenvalue weighted by Crippen LogP contribution is 2.13. The quantitative estimate of drug-likeness (QED) is 0.389. The predicted octanol–water partition coefficient (Wildman–Crippen LogP) is 4.74. The molecule has 4 nitrogen and oxygen atoms in total. The maximum Gasteiger partial charge on any atom is 0.338 e. The van der Waals surface area contributed by atoms with Crippen LogP contribution in [0, 0.1) is 0 Å². The molecule has 0 unspecified atom stereocenters. The normalized spacial score (nSPS) is 12.0. The van der Waals surface area contributed by atoms with Crippen molar-refractivity contribution in [1.29, 1.82) is 0 Å². The Hall–Kier alpha value is -2.98. The van der Waals surface area contributed by atoms with Crippen LogP contribution in [-0.2, 0) is 4.74 Å². The van der Waals surface area contributed by atoms with Crippen LogP contribution >= 0.6 is 0 Å². The summed E-state index contributed by atoms with van der Waals surface area (Å²) in [5, 5.41) is 8.85. The Morgan fingerprint density at radius 2 is 1.57 bits per heavy atom. The van der Waals surface area contributed by atoms with Crippen LogP contribution in [0.2, 0.25) is 0 Å². The number of carbonyl (C=O) groups excluding carboxylic acids is 2. The molecule has 0 fully saturated rings. The number of benzene rings is 2. The van der Waals surface area contributed by atoms with Crippen LogP contribution in [0.4, 0.5) is 0 Å². The van der Waals surface area contributed by atoms with Crippen LogP contribution in [0.15, 0.2) is 77.9 Å². The molecule has 0 aliphatic rings. The maximum atomic E-state index is 12.5. The van der Waals surface area contributed by atoms with E-state index in [0.717, 1.165) is 24.0 Å². The lowest BCUT2D eigenvalue weighted by molar-refractivity contribution is 0.0539. The summed E-state index contributed by atoms with van der Waals surface area (Å²) in [4.78, 5) is 24.9. The molecule has 0 aliphatic carbocycles. The summed E-state index contributed by atoms with van der Waals surface area (Å²) in [6.45, 7) is 4.15. The number of allylic oxidation sites excluding steroid dienone is 2. The van der Waals surface area contributed by atoms with E-state index >= 15 is 0 Å². The smallest absolute Gasteiger partial charge is 0.338 e. The van der Waals surface area contributed by atoms with Crippen molar-refractivity contribution < 1.29 is 19.4 Å². The van der Waals surface area contributed by atoms with Gasteiger partial charge in [0.2, 0.25) is 0 Å². The number of ketones is 1. The molecule has 0 radical (unpaired) electrons. The third-order valence-electron chi connectivity index (χ3n) is 4.30. The number of carbonyl (C=O) groups is 2. The summed E-state index contributed by atoms with van der Waals surface area (Å²) in [7, 11) is 0. The highest BCUT2D eigenvalue weighted by molar-refractivity contribution is 6.09. The number of hydrogen-bond acceptors (Lipinski definition) is 4. The SMILES string of the molecule is C/C(=C\CO)CC/C=C(\C)COC(=O)c1cccc(C(=O)c2ccccc2)c1. The lowest BCUT2D eigenvalue weighted by atomic mass is 10.0. The number of rotatable bonds is 9. The van der Waals surface area contributed by atoms with Gasteiger partial charge in [-0.2, -0.15) is 0 Å². The van der Waals surface area contributed by atoms with Crippen molar-refractivity contribution in [2.45, 2.75) is 26.7 Å². The highest BCUT2D eigenvalue weighted by Gasteiger charge is 2.13.